The molecule has 0 unspecified atom stereocenters. The zero-order chi connectivity index (χ0) is 14.7. The standard InChI is InChI=1S/C13H15ClN4O2/c1-3-18-7-10(15)12(17-18)13(19)16-8-4-5-9(14)11(6-8)20-2/h4-7H,3,15H2,1-2H3,(H,16,19). The van der Waals surface area contributed by atoms with Crippen LogP contribution in [0.25, 0.3) is 0 Å². The third-order valence-corrected chi connectivity index (χ3v) is 3.05. The Bertz CT molecular complexity index is 639. The summed E-state index contributed by atoms with van der Waals surface area (Å²) >= 11 is 5.92. The van der Waals surface area contributed by atoms with Crippen LogP contribution in [-0.4, -0.2) is 22.8 Å². The average Bonchev–Trinajstić information content (AvgIpc) is 2.82. The molecule has 1 aromatic heterocycles. The molecule has 1 aromatic carbocycles. The molecule has 0 fully saturated rings. The number of ether oxygens (including phenoxy) is 1. The van der Waals surface area contributed by atoms with E-state index in [4.69, 9.17) is 22.1 Å². The molecule has 0 aliphatic rings. The molecule has 7 heteroatoms. The molecule has 106 valence electrons. The first-order valence-electron chi connectivity index (χ1n) is 6.03. The summed E-state index contributed by atoms with van der Waals surface area (Å²) in [6.07, 6.45) is 1.62. The molecular formula is C13H15ClN4O2. The van der Waals surface area contributed by atoms with Crippen molar-refractivity contribution in [3.05, 3.63) is 35.1 Å². The van der Waals surface area contributed by atoms with Crippen molar-refractivity contribution in [2.24, 2.45) is 0 Å². The molecule has 0 aliphatic carbocycles. The minimum Gasteiger partial charge on any atom is -0.495 e. The number of nitrogens with two attached hydrogens (primary N) is 1. The number of anilines is 2. The van der Waals surface area contributed by atoms with Gasteiger partial charge in [0.05, 0.1) is 17.8 Å². The van der Waals surface area contributed by atoms with Crippen LogP contribution < -0.4 is 15.8 Å². The van der Waals surface area contributed by atoms with Gasteiger partial charge >= 0.3 is 0 Å². The number of nitrogen functional groups attached to an aromatic ring is 1. The first kappa shape index (κ1) is 14.2. The van der Waals surface area contributed by atoms with E-state index in [0.717, 1.165) is 0 Å². The monoisotopic (exact) mass is 294 g/mol. The van der Waals surface area contributed by atoms with E-state index >= 15 is 0 Å². The van der Waals surface area contributed by atoms with Crippen LogP contribution in [0.4, 0.5) is 11.4 Å². The quantitative estimate of drug-likeness (QED) is 0.907. The van der Waals surface area contributed by atoms with Gasteiger partial charge in [-0.15, -0.1) is 0 Å². The highest BCUT2D eigenvalue weighted by Crippen LogP contribution is 2.27. The lowest BCUT2D eigenvalue weighted by molar-refractivity contribution is 0.102. The summed E-state index contributed by atoms with van der Waals surface area (Å²) in [6.45, 7) is 2.56. The number of aromatic nitrogens is 2. The molecule has 2 rings (SSSR count). The van der Waals surface area contributed by atoms with E-state index in [-0.39, 0.29) is 11.6 Å². The number of carbonyl (C=O) groups excluding carboxylic acids is 1. The van der Waals surface area contributed by atoms with E-state index in [2.05, 4.69) is 10.4 Å². The van der Waals surface area contributed by atoms with Crippen molar-refractivity contribution in [2.75, 3.05) is 18.2 Å². The van der Waals surface area contributed by atoms with Crippen LogP contribution in [0.3, 0.4) is 0 Å². The molecule has 6 nitrogen and oxygen atoms in total. The molecule has 0 saturated carbocycles. The third-order valence-electron chi connectivity index (χ3n) is 2.74. The van der Waals surface area contributed by atoms with Crippen molar-refractivity contribution in [1.82, 2.24) is 9.78 Å². The van der Waals surface area contributed by atoms with Gasteiger partial charge < -0.3 is 15.8 Å². The summed E-state index contributed by atoms with van der Waals surface area (Å²) < 4.78 is 6.69. The van der Waals surface area contributed by atoms with Crippen molar-refractivity contribution in [2.45, 2.75) is 13.5 Å². The second-order valence-electron chi connectivity index (χ2n) is 4.09. The molecule has 0 saturated heterocycles. The van der Waals surface area contributed by atoms with Crippen LogP contribution in [0.5, 0.6) is 5.75 Å². The van der Waals surface area contributed by atoms with Gasteiger partial charge in [0, 0.05) is 24.5 Å². The number of nitrogens with zero attached hydrogens (tertiary/aromatic N) is 2. The van der Waals surface area contributed by atoms with Crippen LogP contribution in [0.15, 0.2) is 24.4 Å². The Balaban J connectivity index is 2.20. The highest BCUT2D eigenvalue weighted by molar-refractivity contribution is 6.32. The van der Waals surface area contributed by atoms with Crippen LogP contribution in [0.1, 0.15) is 17.4 Å². The van der Waals surface area contributed by atoms with E-state index in [1.807, 2.05) is 6.92 Å². The number of hydrogen-bond donors (Lipinski definition) is 2. The SMILES string of the molecule is CCn1cc(N)c(C(=O)Nc2ccc(Cl)c(OC)c2)n1. The van der Waals surface area contributed by atoms with Crippen molar-refractivity contribution in [3.63, 3.8) is 0 Å². The predicted octanol–water partition coefficient (Wildman–Crippen LogP) is 2.40. The number of aryl methyl sites for hydroxylation is 1. The van der Waals surface area contributed by atoms with Crippen LogP contribution in [0, 0.1) is 0 Å². The maximum Gasteiger partial charge on any atom is 0.278 e. The molecule has 0 atom stereocenters. The minimum atomic E-state index is -0.376. The van der Waals surface area contributed by atoms with Gasteiger partial charge in [0.25, 0.3) is 5.91 Å². The zero-order valence-electron chi connectivity index (χ0n) is 11.2. The summed E-state index contributed by atoms with van der Waals surface area (Å²) in [5.41, 5.74) is 6.85. The lowest BCUT2D eigenvalue weighted by Crippen LogP contribution is -2.14. The topological polar surface area (TPSA) is 82.2 Å². The van der Waals surface area contributed by atoms with Crippen LogP contribution >= 0.6 is 11.6 Å². The Labute approximate surface area is 121 Å². The number of hydrogen-bond acceptors (Lipinski definition) is 4. The molecular weight excluding hydrogens is 280 g/mol. The van der Waals surface area contributed by atoms with Gasteiger partial charge in [-0.05, 0) is 19.1 Å². The molecule has 0 spiro atoms. The third kappa shape index (κ3) is 2.85. The Morgan fingerprint density at radius 3 is 2.90 bits per heavy atom. The fourth-order valence-corrected chi connectivity index (χ4v) is 1.90. The van der Waals surface area contributed by atoms with Gasteiger partial charge in [0.15, 0.2) is 5.69 Å². The molecule has 20 heavy (non-hydrogen) atoms. The summed E-state index contributed by atoms with van der Waals surface area (Å²) in [5.74, 6) is 0.107. The Morgan fingerprint density at radius 1 is 1.55 bits per heavy atom. The fraction of sp³-hybridized carbons (Fsp3) is 0.231. The van der Waals surface area contributed by atoms with Crippen LogP contribution in [0.2, 0.25) is 5.02 Å². The van der Waals surface area contributed by atoms with Gasteiger partial charge in [-0.25, -0.2) is 0 Å². The Kier molecular flexibility index (Phi) is 4.14. The molecule has 2 aromatic rings. The number of amides is 1. The lowest BCUT2D eigenvalue weighted by Gasteiger charge is -2.07. The van der Waals surface area contributed by atoms with E-state index < -0.39 is 0 Å². The molecule has 3 N–H and O–H groups in total. The maximum atomic E-state index is 12.1. The van der Waals surface area contributed by atoms with Crippen molar-refractivity contribution < 1.29 is 9.53 Å². The molecule has 1 heterocycles. The van der Waals surface area contributed by atoms with Crippen LogP contribution in [-0.2, 0) is 6.54 Å². The molecule has 0 aliphatic heterocycles. The second kappa shape index (κ2) is 5.83. The highest BCUT2D eigenvalue weighted by atomic mass is 35.5. The number of benzene rings is 1. The summed E-state index contributed by atoms with van der Waals surface area (Å²) in [6, 6.07) is 4.95. The lowest BCUT2D eigenvalue weighted by atomic mass is 10.2. The van der Waals surface area contributed by atoms with E-state index in [0.29, 0.717) is 28.7 Å². The van der Waals surface area contributed by atoms with E-state index in [1.165, 1.54) is 7.11 Å². The fourth-order valence-electron chi connectivity index (χ4n) is 1.70. The number of halogens is 1. The maximum absolute atomic E-state index is 12.1. The molecule has 0 bridgehead atoms. The number of methoxy groups -OCH3 is 1. The van der Waals surface area contributed by atoms with E-state index in [9.17, 15) is 4.79 Å². The Hall–Kier alpha value is -2.21. The first-order valence-corrected chi connectivity index (χ1v) is 6.40. The average molecular weight is 295 g/mol. The summed E-state index contributed by atoms with van der Waals surface area (Å²) in [7, 11) is 1.51. The van der Waals surface area contributed by atoms with Gasteiger partial charge in [0.2, 0.25) is 0 Å². The van der Waals surface area contributed by atoms with Gasteiger partial charge in [0.1, 0.15) is 5.75 Å². The van der Waals surface area contributed by atoms with Crippen molar-refractivity contribution >= 4 is 28.9 Å². The van der Waals surface area contributed by atoms with Crippen molar-refractivity contribution in [3.8, 4) is 5.75 Å². The smallest absolute Gasteiger partial charge is 0.278 e. The van der Waals surface area contributed by atoms with Gasteiger partial charge in [-0.2, -0.15) is 5.10 Å². The molecule has 1 amide bonds. The second-order valence-corrected chi connectivity index (χ2v) is 4.50. The number of rotatable bonds is 4. The highest BCUT2D eigenvalue weighted by Gasteiger charge is 2.15. The predicted molar refractivity (Wildman–Crippen MR) is 78.3 cm³/mol. The van der Waals surface area contributed by atoms with E-state index in [1.54, 1.807) is 29.1 Å². The zero-order valence-corrected chi connectivity index (χ0v) is 11.9. The normalized spacial score (nSPS) is 10.3. The molecule has 0 radical (unpaired) electrons. The van der Waals surface area contributed by atoms with Crippen molar-refractivity contribution in [1.29, 1.82) is 0 Å². The number of nitrogens with one attached hydrogen (secondary N) is 1. The first-order chi connectivity index (χ1) is 9.55. The van der Waals surface area contributed by atoms with Gasteiger partial charge in [-0.3, -0.25) is 9.48 Å². The largest absolute Gasteiger partial charge is 0.495 e. The Morgan fingerprint density at radius 2 is 2.30 bits per heavy atom. The number of carbonyl (C=O) groups is 1. The van der Waals surface area contributed by atoms with Gasteiger partial charge in [-0.1, -0.05) is 11.6 Å². The summed E-state index contributed by atoms with van der Waals surface area (Å²) in [5, 5.41) is 7.28. The minimum absolute atomic E-state index is 0.195. The summed E-state index contributed by atoms with van der Waals surface area (Å²) in [4.78, 5) is 12.1.